The zero-order chi connectivity index (χ0) is 7.28. The number of ether oxygens (including phenoxy) is 1. The second-order valence-corrected chi connectivity index (χ2v) is 1.12. The molecule has 0 aromatic carbocycles. The van der Waals surface area contributed by atoms with Crippen molar-refractivity contribution in [3.63, 3.8) is 0 Å². The molecule has 0 atom stereocenters. The maximum atomic E-state index is 10.1. The number of rotatable bonds is 0. The molecule has 4 nitrogen and oxygen atoms in total. The molecule has 0 aromatic heterocycles. The number of hydrogen-bond donors (Lipinski definition) is 1. The van der Waals surface area contributed by atoms with Crippen LogP contribution in [0.3, 0.4) is 0 Å². The van der Waals surface area contributed by atoms with Gasteiger partial charge in [0.05, 0.1) is 5.92 Å². The Hall–Kier alpha value is -1.50. The van der Waals surface area contributed by atoms with E-state index in [9.17, 15) is 9.59 Å². The molecule has 0 spiro atoms. The van der Waals surface area contributed by atoms with E-state index >= 15 is 0 Å². The minimum absolute atomic E-state index is 0.747. The average molecular weight is 128 g/mol. The third kappa shape index (κ3) is 4.35. The van der Waals surface area contributed by atoms with Crippen molar-refractivity contribution < 1.29 is 19.4 Å². The van der Waals surface area contributed by atoms with Gasteiger partial charge in [-0.1, -0.05) is 0 Å². The third-order valence-corrected chi connectivity index (χ3v) is 0.394. The highest BCUT2D eigenvalue weighted by molar-refractivity contribution is 5.95. The smallest absolute Gasteiger partial charge is 0.395 e. The lowest BCUT2D eigenvalue weighted by Gasteiger charge is -1.87. The quantitative estimate of drug-likeness (QED) is 0.269. The van der Waals surface area contributed by atoms with Gasteiger partial charge in [0.1, 0.15) is 6.11 Å². The lowest BCUT2D eigenvalue weighted by molar-refractivity contribution is -0.153. The lowest BCUT2D eigenvalue weighted by Crippen LogP contribution is -2.05. The zero-order valence-corrected chi connectivity index (χ0v) is 4.67. The van der Waals surface area contributed by atoms with E-state index in [1.54, 1.807) is 5.92 Å². The van der Waals surface area contributed by atoms with Crippen molar-refractivity contribution in [3.05, 3.63) is 0 Å². The summed E-state index contributed by atoms with van der Waals surface area (Å²) in [5.41, 5.74) is 0. The topological polar surface area (TPSA) is 63.6 Å². The van der Waals surface area contributed by atoms with Crippen molar-refractivity contribution in [2.75, 3.05) is 0 Å². The van der Waals surface area contributed by atoms with E-state index < -0.39 is 11.9 Å². The molecule has 48 valence electrons. The number of hydrogen-bond acceptors (Lipinski definition) is 4. The summed E-state index contributed by atoms with van der Waals surface area (Å²) in [5, 5.41) is 7.78. The third-order valence-electron chi connectivity index (χ3n) is 0.394. The van der Waals surface area contributed by atoms with Crippen molar-refractivity contribution in [2.24, 2.45) is 0 Å². The van der Waals surface area contributed by atoms with Crippen molar-refractivity contribution >= 4 is 11.9 Å². The summed E-state index contributed by atoms with van der Waals surface area (Å²) in [6.07, 6.45) is 1.30. The Labute approximate surface area is 51.4 Å². The van der Waals surface area contributed by atoms with Crippen LogP contribution in [-0.2, 0) is 14.3 Å². The first-order valence-corrected chi connectivity index (χ1v) is 2.04. The van der Waals surface area contributed by atoms with Crippen molar-refractivity contribution in [1.82, 2.24) is 0 Å². The summed E-state index contributed by atoms with van der Waals surface area (Å²) in [6.45, 7) is 1.07. The van der Waals surface area contributed by atoms with Gasteiger partial charge in [-0.2, -0.15) is 0 Å². The SMILES string of the molecule is CC(=O)OC(=O)C#CO. The number of aliphatic hydroxyl groups excluding tert-OH is 1. The summed E-state index contributed by atoms with van der Waals surface area (Å²) in [4.78, 5) is 20.0. The van der Waals surface area contributed by atoms with E-state index in [1.807, 2.05) is 0 Å². The van der Waals surface area contributed by atoms with E-state index in [2.05, 4.69) is 4.74 Å². The van der Waals surface area contributed by atoms with E-state index in [4.69, 9.17) is 5.11 Å². The second-order valence-electron chi connectivity index (χ2n) is 1.12. The predicted octanol–water partition coefficient (Wildman–Crippen LogP) is -0.591. The molecule has 0 rings (SSSR count). The van der Waals surface area contributed by atoms with Crippen LogP contribution in [0.2, 0.25) is 0 Å². The van der Waals surface area contributed by atoms with Gasteiger partial charge in [-0.25, -0.2) is 4.79 Å². The number of esters is 2. The largest absolute Gasteiger partial charge is 0.462 e. The van der Waals surface area contributed by atoms with Gasteiger partial charge >= 0.3 is 11.9 Å². The van der Waals surface area contributed by atoms with Gasteiger partial charge < -0.3 is 9.84 Å². The van der Waals surface area contributed by atoms with Gasteiger partial charge in [-0.05, 0) is 0 Å². The minimum atomic E-state index is -1.05. The van der Waals surface area contributed by atoms with Crippen LogP contribution in [0, 0.1) is 12.0 Å². The monoisotopic (exact) mass is 128 g/mol. The molecule has 0 heterocycles. The van der Waals surface area contributed by atoms with E-state index in [-0.39, 0.29) is 0 Å². The molecule has 0 aliphatic rings. The number of carbonyl (C=O) groups is 2. The van der Waals surface area contributed by atoms with Crippen LogP contribution in [0.1, 0.15) is 6.92 Å². The summed E-state index contributed by atoms with van der Waals surface area (Å²) in [6, 6.07) is 0. The lowest BCUT2D eigenvalue weighted by atomic mass is 10.7. The van der Waals surface area contributed by atoms with E-state index in [1.165, 1.54) is 6.11 Å². The molecule has 0 bridgehead atoms. The van der Waals surface area contributed by atoms with Gasteiger partial charge in [0.15, 0.2) is 0 Å². The first-order chi connectivity index (χ1) is 4.16. The van der Waals surface area contributed by atoms with Crippen LogP contribution in [0.5, 0.6) is 0 Å². The number of aliphatic hydroxyl groups is 1. The molecule has 0 saturated carbocycles. The maximum Gasteiger partial charge on any atom is 0.395 e. The van der Waals surface area contributed by atoms with Gasteiger partial charge in [-0.15, -0.1) is 0 Å². The van der Waals surface area contributed by atoms with Crippen LogP contribution in [0.4, 0.5) is 0 Å². The van der Waals surface area contributed by atoms with Gasteiger partial charge in [-0.3, -0.25) is 4.79 Å². The maximum absolute atomic E-state index is 10.1. The number of carbonyl (C=O) groups excluding carboxylic acids is 2. The Morgan fingerprint density at radius 3 is 2.44 bits per heavy atom. The predicted molar refractivity (Wildman–Crippen MR) is 26.5 cm³/mol. The summed E-state index contributed by atoms with van der Waals surface area (Å²) in [7, 11) is 0. The molecule has 9 heavy (non-hydrogen) atoms. The summed E-state index contributed by atoms with van der Waals surface area (Å²) < 4.78 is 3.88. The summed E-state index contributed by atoms with van der Waals surface area (Å²) >= 11 is 0. The molecule has 1 N–H and O–H groups in total. The first-order valence-electron chi connectivity index (χ1n) is 2.04. The molecular weight excluding hydrogens is 124 g/mol. The highest BCUT2D eigenvalue weighted by Crippen LogP contribution is 1.75. The average Bonchev–Trinajstić information content (AvgIpc) is 1.63. The van der Waals surface area contributed by atoms with Crippen LogP contribution >= 0.6 is 0 Å². The Morgan fingerprint density at radius 1 is 1.56 bits per heavy atom. The van der Waals surface area contributed by atoms with Gasteiger partial charge in [0.2, 0.25) is 0 Å². The fraction of sp³-hybridized carbons (Fsp3) is 0.200. The molecular formula is C5H4O4. The molecule has 0 unspecified atom stereocenters. The molecule has 0 saturated heterocycles. The fourth-order valence-electron chi connectivity index (χ4n) is 0.202. The highest BCUT2D eigenvalue weighted by atomic mass is 16.6. The van der Waals surface area contributed by atoms with Crippen LogP contribution < -0.4 is 0 Å². The Bertz CT molecular complexity index is 183. The van der Waals surface area contributed by atoms with Crippen LogP contribution in [-0.4, -0.2) is 17.0 Å². The standard InChI is InChI=1S/C5H4O4/c1-4(7)9-5(8)2-3-6/h6H,1H3. The van der Waals surface area contributed by atoms with Gasteiger partial charge in [0.25, 0.3) is 0 Å². The Balaban J connectivity index is 3.74. The molecule has 0 radical (unpaired) electrons. The Morgan fingerprint density at radius 2 is 2.11 bits per heavy atom. The molecule has 0 aliphatic carbocycles. The highest BCUT2D eigenvalue weighted by Gasteiger charge is 1.99. The molecule has 0 fully saturated rings. The minimum Gasteiger partial charge on any atom is -0.462 e. The van der Waals surface area contributed by atoms with Gasteiger partial charge in [0, 0.05) is 6.92 Å². The van der Waals surface area contributed by atoms with Crippen molar-refractivity contribution in [1.29, 1.82) is 0 Å². The molecule has 0 aromatic rings. The summed E-state index contributed by atoms with van der Waals surface area (Å²) in [5.74, 6) is -0.198. The molecule has 0 aliphatic heterocycles. The first kappa shape index (κ1) is 7.50. The fourth-order valence-corrected chi connectivity index (χ4v) is 0.202. The molecule has 0 amide bonds. The van der Waals surface area contributed by atoms with E-state index in [0.717, 1.165) is 6.92 Å². The Kier molecular flexibility index (Phi) is 2.91. The normalized spacial score (nSPS) is 6.78. The molecule has 4 heteroatoms. The van der Waals surface area contributed by atoms with Crippen LogP contribution in [0.15, 0.2) is 0 Å². The van der Waals surface area contributed by atoms with Crippen molar-refractivity contribution in [2.45, 2.75) is 6.92 Å². The van der Waals surface area contributed by atoms with E-state index in [0.29, 0.717) is 0 Å². The van der Waals surface area contributed by atoms with Crippen molar-refractivity contribution in [3.8, 4) is 12.0 Å². The zero-order valence-electron chi connectivity index (χ0n) is 4.67. The van der Waals surface area contributed by atoms with Crippen LogP contribution in [0.25, 0.3) is 0 Å². The second kappa shape index (κ2) is 3.50.